The first kappa shape index (κ1) is 25.5. The highest BCUT2D eigenvalue weighted by Gasteiger charge is 2.27. The number of methoxy groups -OCH3 is 1. The SMILES string of the molecule is CCOC(=O)N1CCN(C(=O)c2ccc(OC)c(CN(C)S(=O)(=O)c3ccc(C)cc3)c2)CC1. The van der Waals surface area contributed by atoms with Crippen molar-refractivity contribution in [1.82, 2.24) is 14.1 Å². The average Bonchev–Trinajstić information content (AvgIpc) is 2.84. The molecule has 34 heavy (non-hydrogen) atoms. The molecule has 1 heterocycles. The van der Waals surface area contributed by atoms with Gasteiger partial charge in [0.25, 0.3) is 5.91 Å². The van der Waals surface area contributed by atoms with Gasteiger partial charge in [-0.1, -0.05) is 17.7 Å². The zero-order valence-corrected chi connectivity index (χ0v) is 20.8. The third kappa shape index (κ3) is 5.68. The van der Waals surface area contributed by atoms with Crippen LogP contribution in [0.5, 0.6) is 5.75 Å². The smallest absolute Gasteiger partial charge is 0.409 e. The van der Waals surface area contributed by atoms with E-state index in [1.165, 1.54) is 18.5 Å². The number of carbonyl (C=O) groups excluding carboxylic acids is 2. The molecule has 0 spiro atoms. The zero-order valence-electron chi connectivity index (χ0n) is 20.0. The molecule has 0 aliphatic carbocycles. The first-order valence-electron chi connectivity index (χ1n) is 11.1. The first-order valence-corrected chi connectivity index (χ1v) is 12.5. The lowest BCUT2D eigenvalue weighted by Gasteiger charge is -2.34. The molecule has 3 rings (SSSR count). The summed E-state index contributed by atoms with van der Waals surface area (Å²) in [6, 6.07) is 11.7. The van der Waals surface area contributed by atoms with Gasteiger partial charge in [-0.25, -0.2) is 13.2 Å². The van der Waals surface area contributed by atoms with Crippen molar-refractivity contribution in [3.63, 3.8) is 0 Å². The summed E-state index contributed by atoms with van der Waals surface area (Å²) in [5.41, 5.74) is 1.98. The van der Waals surface area contributed by atoms with Crippen LogP contribution in [0.25, 0.3) is 0 Å². The summed E-state index contributed by atoms with van der Waals surface area (Å²) >= 11 is 0. The van der Waals surface area contributed by atoms with Gasteiger partial charge in [0.2, 0.25) is 10.0 Å². The van der Waals surface area contributed by atoms with Crippen molar-refractivity contribution >= 4 is 22.0 Å². The molecule has 0 N–H and O–H groups in total. The number of aryl methyl sites for hydroxylation is 1. The molecule has 2 amide bonds. The summed E-state index contributed by atoms with van der Waals surface area (Å²) in [5.74, 6) is 0.311. The quantitative estimate of drug-likeness (QED) is 0.593. The Morgan fingerprint density at radius 2 is 1.62 bits per heavy atom. The van der Waals surface area contributed by atoms with E-state index in [-0.39, 0.29) is 23.4 Å². The van der Waals surface area contributed by atoms with Crippen molar-refractivity contribution in [2.75, 3.05) is 46.9 Å². The third-order valence-corrected chi connectivity index (χ3v) is 7.56. The average molecular weight is 490 g/mol. The molecule has 0 atom stereocenters. The molecular formula is C24H31N3O6S. The topological polar surface area (TPSA) is 96.5 Å². The fourth-order valence-electron chi connectivity index (χ4n) is 3.74. The highest BCUT2D eigenvalue weighted by molar-refractivity contribution is 7.89. The maximum absolute atomic E-state index is 13.1. The van der Waals surface area contributed by atoms with Crippen LogP contribution in [0.2, 0.25) is 0 Å². The van der Waals surface area contributed by atoms with E-state index in [0.29, 0.717) is 49.7 Å². The van der Waals surface area contributed by atoms with E-state index in [0.717, 1.165) is 5.56 Å². The van der Waals surface area contributed by atoms with Crippen molar-refractivity contribution < 1.29 is 27.5 Å². The second kappa shape index (κ2) is 10.9. The van der Waals surface area contributed by atoms with E-state index in [1.807, 2.05) is 6.92 Å². The predicted octanol–water partition coefficient (Wildman–Crippen LogP) is 2.74. The Morgan fingerprint density at radius 3 is 2.21 bits per heavy atom. The molecule has 1 saturated heterocycles. The molecule has 2 aromatic rings. The van der Waals surface area contributed by atoms with Crippen molar-refractivity contribution in [2.45, 2.75) is 25.3 Å². The van der Waals surface area contributed by atoms with Gasteiger partial charge in [-0.15, -0.1) is 0 Å². The molecular weight excluding hydrogens is 458 g/mol. The van der Waals surface area contributed by atoms with Crippen molar-refractivity contribution in [3.05, 3.63) is 59.2 Å². The molecule has 0 radical (unpaired) electrons. The Morgan fingerprint density at radius 1 is 1.00 bits per heavy atom. The van der Waals surface area contributed by atoms with Crippen LogP contribution in [-0.2, 0) is 21.3 Å². The van der Waals surface area contributed by atoms with Gasteiger partial charge in [-0.3, -0.25) is 4.79 Å². The van der Waals surface area contributed by atoms with Gasteiger partial charge in [-0.05, 0) is 44.2 Å². The van der Waals surface area contributed by atoms with Crippen LogP contribution in [0.1, 0.15) is 28.4 Å². The van der Waals surface area contributed by atoms with E-state index >= 15 is 0 Å². The van der Waals surface area contributed by atoms with E-state index in [9.17, 15) is 18.0 Å². The number of sulfonamides is 1. The Hall–Kier alpha value is -3.11. The van der Waals surface area contributed by atoms with Crippen LogP contribution in [0.4, 0.5) is 4.79 Å². The Bertz CT molecular complexity index is 1130. The molecule has 0 saturated carbocycles. The van der Waals surface area contributed by atoms with E-state index in [1.54, 1.807) is 59.2 Å². The number of amides is 2. The molecule has 0 unspecified atom stereocenters. The monoisotopic (exact) mass is 489 g/mol. The largest absolute Gasteiger partial charge is 0.496 e. The summed E-state index contributed by atoms with van der Waals surface area (Å²) < 4.78 is 37.7. The minimum Gasteiger partial charge on any atom is -0.496 e. The molecule has 1 aliphatic rings. The molecule has 184 valence electrons. The minimum absolute atomic E-state index is 0.0388. The van der Waals surface area contributed by atoms with Crippen LogP contribution in [0.3, 0.4) is 0 Å². The molecule has 2 aromatic carbocycles. The lowest BCUT2D eigenvalue weighted by atomic mass is 10.1. The van der Waals surface area contributed by atoms with Crippen molar-refractivity contribution in [2.24, 2.45) is 0 Å². The fourth-order valence-corrected chi connectivity index (χ4v) is 4.89. The summed E-state index contributed by atoms with van der Waals surface area (Å²) in [6.45, 7) is 5.56. The zero-order chi connectivity index (χ0) is 24.9. The number of piperazine rings is 1. The standard InChI is InChI=1S/C24H31N3O6S/c1-5-33-24(29)27-14-12-26(13-15-27)23(28)19-8-11-22(32-4)20(16-19)17-25(3)34(30,31)21-9-6-18(2)7-10-21/h6-11,16H,5,12-15,17H2,1-4H3. The second-order valence-electron chi connectivity index (χ2n) is 8.08. The van der Waals surface area contributed by atoms with E-state index < -0.39 is 10.0 Å². The van der Waals surface area contributed by atoms with Crippen LogP contribution in [-0.4, -0.2) is 81.5 Å². The molecule has 0 aromatic heterocycles. The number of carbonyl (C=O) groups is 2. The van der Waals surface area contributed by atoms with Crippen molar-refractivity contribution in [1.29, 1.82) is 0 Å². The van der Waals surface area contributed by atoms with Gasteiger partial charge in [0.15, 0.2) is 0 Å². The number of ether oxygens (including phenoxy) is 2. The third-order valence-electron chi connectivity index (χ3n) is 5.74. The van der Waals surface area contributed by atoms with Crippen LogP contribution in [0.15, 0.2) is 47.4 Å². The Kier molecular flexibility index (Phi) is 8.16. The second-order valence-corrected chi connectivity index (χ2v) is 10.1. The highest BCUT2D eigenvalue weighted by Crippen LogP contribution is 2.25. The summed E-state index contributed by atoms with van der Waals surface area (Å²) in [6.07, 6.45) is -0.376. The number of hydrogen-bond acceptors (Lipinski definition) is 6. The maximum atomic E-state index is 13.1. The van der Waals surface area contributed by atoms with Gasteiger partial charge in [-0.2, -0.15) is 4.31 Å². The normalized spacial score (nSPS) is 14.3. The fraction of sp³-hybridized carbons (Fsp3) is 0.417. The minimum atomic E-state index is -3.72. The van der Waals surface area contributed by atoms with Crippen LogP contribution in [0, 0.1) is 6.92 Å². The van der Waals surface area contributed by atoms with Crippen LogP contribution >= 0.6 is 0 Å². The number of rotatable bonds is 7. The van der Waals surface area contributed by atoms with Crippen molar-refractivity contribution in [3.8, 4) is 5.75 Å². The predicted molar refractivity (Wildman–Crippen MR) is 127 cm³/mol. The van der Waals surface area contributed by atoms with Gasteiger partial charge < -0.3 is 19.3 Å². The van der Waals surface area contributed by atoms with E-state index in [2.05, 4.69) is 0 Å². The number of nitrogens with zero attached hydrogens (tertiary/aromatic N) is 3. The lowest BCUT2D eigenvalue weighted by molar-refractivity contribution is 0.0570. The van der Waals surface area contributed by atoms with Gasteiger partial charge >= 0.3 is 6.09 Å². The van der Waals surface area contributed by atoms with Crippen LogP contribution < -0.4 is 4.74 Å². The summed E-state index contributed by atoms with van der Waals surface area (Å²) in [4.78, 5) is 28.5. The highest BCUT2D eigenvalue weighted by atomic mass is 32.2. The lowest BCUT2D eigenvalue weighted by Crippen LogP contribution is -2.50. The van der Waals surface area contributed by atoms with Gasteiger partial charge in [0.05, 0.1) is 18.6 Å². The summed E-state index contributed by atoms with van der Waals surface area (Å²) in [5, 5.41) is 0. The number of benzene rings is 2. The molecule has 1 fully saturated rings. The maximum Gasteiger partial charge on any atom is 0.409 e. The number of hydrogen-bond donors (Lipinski definition) is 0. The van der Waals surface area contributed by atoms with E-state index in [4.69, 9.17) is 9.47 Å². The molecule has 1 aliphatic heterocycles. The van der Waals surface area contributed by atoms with Gasteiger partial charge in [0.1, 0.15) is 5.75 Å². The Balaban J connectivity index is 1.75. The molecule has 10 heteroatoms. The van der Waals surface area contributed by atoms with Gasteiger partial charge in [0, 0.05) is 50.9 Å². The summed E-state index contributed by atoms with van der Waals surface area (Å²) in [7, 11) is -0.717. The molecule has 9 nitrogen and oxygen atoms in total. The Labute approximate surface area is 200 Å². The first-order chi connectivity index (χ1) is 16.2. The molecule has 0 bridgehead atoms.